The minimum Gasteiger partial charge on any atom is -0.396 e. The maximum absolute atomic E-state index is 7.88. The van der Waals surface area contributed by atoms with Gasteiger partial charge in [0.15, 0.2) is 0 Å². The van der Waals surface area contributed by atoms with Crippen molar-refractivity contribution in [1.29, 1.82) is 0 Å². The molecule has 0 radical (unpaired) electrons. The quantitative estimate of drug-likeness (QED) is 0.633. The Kier molecular flexibility index (Phi) is 26.6. The molecule has 2 nitrogen and oxygen atoms in total. The average molecular weight is 259 g/mol. The third-order valence-corrected chi connectivity index (χ3v) is 1.29. The summed E-state index contributed by atoms with van der Waals surface area (Å²) in [6.45, 7) is 8.22. The van der Waals surface area contributed by atoms with Crippen LogP contribution in [0.25, 0.3) is 0 Å². The molecule has 1 rings (SSSR count). The van der Waals surface area contributed by atoms with E-state index in [0.29, 0.717) is 13.2 Å². The van der Waals surface area contributed by atoms with Crippen LogP contribution in [0.3, 0.4) is 0 Å². The summed E-state index contributed by atoms with van der Waals surface area (Å²) in [5.41, 5.74) is 1.07. The number of aliphatic hydroxyl groups is 2. The summed E-state index contributed by atoms with van der Waals surface area (Å²) < 4.78 is 0. The molecule has 0 aliphatic rings. The maximum Gasteiger partial charge on any atom is 0.0428 e. The smallest absolute Gasteiger partial charge is 0.0428 e. The van der Waals surface area contributed by atoms with E-state index < -0.39 is 0 Å². The molecule has 0 fully saturated rings. The molecule has 0 atom stereocenters. The summed E-state index contributed by atoms with van der Waals surface area (Å²) in [5, 5.41) is 15.8. The van der Waals surface area contributed by atoms with Gasteiger partial charge in [0.2, 0.25) is 0 Å². The van der Waals surface area contributed by atoms with Crippen LogP contribution in [0.1, 0.15) is 32.3 Å². The van der Waals surface area contributed by atoms with E-state index >= 15 is 0 Å². The molecule has 1 aromatic carbocycles. The Morgan fingerprint density at radius 3 is 1.38 bits per heavy atom. The molecule has 0 saturated carbocycles. The molecule has 2 N–H and O–H groups in total. The first-order valence-electron chi connectivity index (χ1n) is 5.31. The average Bonchev–Trinajstić information content (AvgIpc) is 2.31. The summed E-state index contributed by atoms with van der Waals surface area (Å²) in [7, 11) is 0. The summed E-state index contributed by atoms with van der Waals surface area (Å²) in [4.78, 5) is 0. The van der Waals surface area contributed by atoms with Crippen LogP contribution in [0.2, 0.25) is 0 Å². The largest absolute Gasteiger partial charge is 0.396 e. The molecule has 16 heavy (non-hydrogen) atoms. The minimum absolute atomic E-state index is 0. The predicted octanol–water partition coefficient (Wildman–Crippen LogP) is 2.64. The topological polar surface area (TPSA) is 40.5 Å². The van der Waals surface area contributed by atoms with Gasteiger partial charge in [-0.2, -0.15) is 24.6 Å². The van der Waals surface area contributed by atoms with Gasteiger partial charge >= 0.3 is 0 Å². The van der Waals surface area contributed by atoms with Gasteiger partial charge in [0, 0.05) is 34.9 Å². The van der Waals surface area contributed by atoms with Crippen molar-refractivity contribution in [2.24, 2.45) is 0 Å². The first-order chi connectivity index (χ1) is 7.22. The third-order valence-electron chi connectivity index (χ3n) is 1.29. The third kappa shape index (κ3) is 23.5. The zero-order chi connectivity index (χ0) is 11.9. The summed E-state index contributed by atoms with van der Waals surface area (Å²) in [5.74, 6) is 0. The van der Waals surface area contributed by atoms with E-state index in [1.807, 2.05) is 44.2 Å². The maximum atomic E-state index is 7.88. The Morgan fingerprint density at radius 2 is 1.25 bits per heavy atom. The van der Waals surface area contributed by atoms with Crippen LogP contribution in [0.4, 0.5) is 0 Å². The van der Waals surface area contributed by atoms with Crippen molar-refractivity contribution in [1.82, 2.24) is 0 Å². The summed E-state index contributed by atoms with van der Waals surface area (Å²) >= 11 is 0. The fourth-order valence-electron chi connectivity index (χ4n) is 0.478. The number of hydrogen-bond donors (Lipinski definition) is 2. The van der Waals surface area contributed by atoms with Crippen LogP contribution >= 0.6 is 0 Å². The first-order valence-corrected chi connectivity index (χ1v) is 5.31. The zero-order valence-corrected chi connectivity index (χ0v) is 11.9. The van der Waals surface area contributed by atoms with Crippen LogP contribution in [-0.2, 0) is 21.7 Å². The van der Waals surface area contributed by atoms with Crippen molar-refractivity contribution in [2.75, 3.05) is 13.2 Å². The molecule has 0 amide bonds. The predicted molar refractivity (Wildman–Crippen MR) is 65.7 cm³/mol. The molecule has 0 aliphatic heterocycles. The molecular formula is C13H23O2Ti-. The van der Waals surface area contributed by atoms with Crippen molar-refractivity contribution in [3.05, 3.63) is 42.8 Å². The Hall–Kier alpha value is -0.276. The van der Waals surface area contributed by atoms with Gasteiger partial charge in [0.25, 0.3) is 0 Å². The molecule has 0 spiro atoms. The van der Waals surface area contributed by atoms with Crippen LogP contribution < -0.4 is 0 Å². The van der Waals surface area contributed by atoms with Gasteiger partial charge < -0.3 is 10.2 Å². The van der Waals surface area contributed by atoms with E-state index in [2.05, 4.69) is 6.92 Å². The SMILES string of the molecule is CCCO.CCCO.[CH2-]c1ccccc1.[Ti]. The van der Waals surface area contributed by atoms with Gasteiger partial charge in [-0.05, 0) is 12.8 Å². The number of benzene rings is 1. The second-order valence-electron chi connectivity index (χ2n) is 2.93. The van der Waals surface area contributed by atoms with E-state index in [1.165, 1.54) is 0 Å². The molecule has 0 unspecified atom stereocenters. The fraction of sp³-hybridized carbons (Fsp3) is 0.462. The van der Waals surface area contributed by atoms with Gasteiger partial charge in [-0.1, -0.05) is 19.9 Å². The van der Waals surface area contributed by atoms with Crippen LogP contribution in [-0.4, -0.2) is 23.4 Å². The van der Waals surface area contributed by atoms with Crippen molar-refractivity contribution in [2.45, 2.75) is 26.7 Å². The van der Waals surface area contributed by atoms with Crippen molar-refractivity contribution in [3.8, 4) is 0 Å². The van der Waals surface area contributed by atoms with E-state index in [4.69, 9.17) is 10.2 Å². The van der Waals surface area contributed by atoms with Gasteiger partial charge in [-0.3, -0.25) is 0 Å². The van der Waals surface area contributed by atoms with E-state index in [9.17, 15) is 0 Å². The van der Waals surface area contributed by atoms with E-state index in [-0.39, 0.29) is 21.7 Å². The van der Waals surface area contributed by atoms with E-state index in [1.54, 1.807) is 0 Å². The summed E-state index contributed by atoms with van der Waals surface area (Å²) in [6, 6.07) is 9.87. The molecule has 0 aromatic heterocycles. The molecule has 0 saturated heterocycles. The molecule has 92 valence electrons. The molecular weight excluding hydrogens is 236 g/mol. The number of hydrogen-bond acceptors (Lipinski definition) is 2. The van der Waals surface area contributed by atoms with Crippen molar-refractivity contribution >= 4 is 0 Å². The molecule has 0 bridgehead atoms. The van der Waals surface area contributed by atoms with Crippen molar-refractivity contribution < 1.29 is 31.9 Å². The van der Waals surface area contributed by atoms with Gasteiger partial charge in [-0.15, -0.1) is 12.1 Å². The molecule has 3 heteroatoms. The van der Waals surface area contributed by atoms with Gasteiger partial charge in [-0.25, -0.2) is 0 Å². The second-order valence-corrected chi connectivity index (χ2v) is 2.93. The minimum atomic E-state index is 0. The standard InChI is InChI=1S/C7H7.2C3H8O.Ti/c1-7-5-3-2-4-6-7;2*1-2-3-4;/h2-6H,1H2;2*4H,2-3H2,1H3;/q-1;;;. The molecule has 0 aliphatic carbocycles. The van der Waals surface area contributed by atoms with Crippen molar-refractivity contribution in [3.63, 3.8) is 0 Å². The Bertz CT molecular complexity index is 182. The van der Waals surface area contributed by atoms with Gasteiger partial charge in [0.1, 0.15) is 0 Å². The second kappa shape index (κ2) is 20.2. The zero-order valence-electron chi connectivity index (χ0n) is 10.3. The Morgan fingerprint density at radius 1 is 0.938 bits per heavy atom. The van der Waals surface area contributed by atoms with Gasteiger partial charge in [0.05, 0.1) is 0 Å². The normalized spacial score (nSPS) is 7.50. The van der Waals surface area contributed by atoms with E-state index in [0.717, 1.165) is 18.4 Å². The Balaban J connectivity index is -0.000000166. The first kappa shape index (κ1) is 21.1. The van der Waals surface area contributed by atoms with Crippen LogP contribution in [0.15, 0.2) is 30.3 Å². The fourth-order valence-corrected chi connectivity index (χ4v) is 0.478. The number of aliphatic hydroxyl groups excluding tert-OH is 2. The molecule has 1 aromatic rings. The number of rotatable bonds is 2. The Labute approximate surface area is 115 Å². The molecule has 0 heterocycles. The monoisotopic (exact) mass is 259 g/mol. The van der Waals surface area contributed by atoms with Crippen LogP contribution in [0, 0.1) is 6.92 Å². The van der Waals surface area contributed by atoms with Crippen LogP contribution in [0.5, 0.6) is 0 Å². The summed E-state index contributed by atoms with van der Waals surface area (Å²) in [6.07, 6.45) is 1.75.